The second kappa shape index (κ2) is 7.80. The molecule has 1 aliphatic rings. The van der Waals surface area contributed by atoms with Crippen LogP contribution in [0.25, 0.3) is 0 Å². The van der Waals surface area contributed by atoms with Gasteiger partial charge in [-0.2, -0.15) is 5.26 Å². The van der Waals surface area contributed by atoms with Crippen molar-refractivity contribution in [3.8, 4) is 6.07 Å². The van der Waals surface area contributed by atoms with Gasteiger partial charge in [-0.3, -0.25) is 14.9 Å². The molecule has 3 rings (SSSR count). The van der Waals surface area contributed by atoms with Crippen LogP contribution in [0, 0.1) is 17.2 Å². The molecule has 0 radical (unpaired) electrons. The van der Waals surface area contributed by atoms with Gasteiger partial charge in [0.1, 0.15) is 5.00 Å². The van der Waals surface area contributed by atoms with Crippen LogP contribution < -0.4 is 10.6 Å². The van der Waals surface area contributed by atoms with Crippen molar-refractivity contribution in [1.82, 2.24) is 5.32 Å². The van der Waals surface area contributed by atoms with Crippen LogP contribution in [0.5, 0.6) is 0 Å². The summed E-state index contributed by atoms with van der Waals surface area (Å²) in [6, 6.07) is 9.61. The van der Waals surface area contributed by atoms with E-state index in [1.54, 1.807) is 5.38 Å². The number of benzene rings is 1. The summed E-state index contributed by atoms with van der Waals surface area (Å²) in [5.74, 6) is -0.649. The highest BCUT2D eigenvalue weighted by Gasteiger charge is 2.24. The second-order valence-corrected chi connectivity index (χ2v) is 6.72. The molecule has 0 spiro atoms. The van der Waals surface area contributed by atoms with Crippen LogP contribution >= 0.6 is 11.3 Å². The quantitative estimate of drug-likeness (QED) is 0.842. The zero-order valence-electron chi connectivity index (χ0n) is 13.7. The molecule has 3 amide bonds. The van der Waals surface area contributed by atoms with Crippen molar-refractivity contribution in [1.29, 1.82) is 5.26 Å². The van der Waals surface area contributed by atoms with Crippen molar-refractivity contribution in [3.63, 3.8) is 0 Å². The monoisotopic (exact) mass is 369 g/mol. The van der Waals surface area contributed by atoms with Crippen LogP contribution in [0.1, 0.15) is 39.1 Å². The molecule has 8 heteroatoms. The molecule has 1 heterocycles. The Morgan fingerprint density at radius 3 is 2.54 bits per heavy atom. The number of rotatable bonds is 5. The number of nitrogens with zero attached hydrogens (tertiary/aromatic N) is 1. The Kier molecular flexibility index (Phi) is 5.29. The highest BCUT2D eigenvalue weighted by Crippen LogP contribution is 2.29. The van der Waals surface area contributed by atoms with Crippen molar-refractivity contribution in [2.24, 2.45) is 5.92 Å². The van der Waals surface area contributed by atoms with Crippen molar-refractivity contribution >= 4 is 34.2 Å². The molecule has 0 saturated heterocycles. The maximum absolute atomic E-state index is 12.3. The average Bonchev–Trinajstić information content (AvgIpc) is 3.37. The Labute approximate surface area is 153 Å². The lowest BCUT2D eigenvalue weighted by Gasteiger charge is -2.07. The molecule has 1 saturated carbocycles. The summed E-state index contributed by atoms with van der Waals surface area (Å²) in [7, 11) is 0. The zero-order chi connectivity index (χ0) is 18.5. The summed E-state index contributed by atoms with van der Waals surface area (Å²) in [6.07, 6.45) is 1.28. The van der Waals surface area contributed by atoms with Crippen LogP contribution in [0.4, 0.5) is 9.80 Å². The number of carbonyl (C=O) groups is 3. The predicted molar refractivity (Wildman–Crippen MR) is 95.0 cm³/mol. The van der Waals surface area contributed by atoms with E-state index in [4.69, 9.17) is 10.00 Å². The molecular formula is C18H15N3O4S. The smallest absolute Gasteiger partial charge is 0.414 e. The van der Waals surface area contributed by atoms with Crippen molar-refractivity contribution in [2.45, 2.75) is 12.8 Å². The lowest BCUT2D eigenvalue weighted by atomic mass is 10.1. The minimum Gasteiger partial charge on any atom is -0.449 e. The van der Waals surface area contributed by atoms with Gasteiger partial charge in [0.15, 0.2) is 0 Å². The molecule has 0 atom stereocenters. The van der Waals surface area contributed by atoms with Gasteiger partial charge in [0.05, 0.1) is 23.8 Å². The third-order valence-corrected chi connectivity index (χ3v) is 4.61. The minimum atomic E-state index is -0.794. The second-order valence-electron chi connectivity index (χ2n) is 5.80. The first kappa shape index (κ1) is 17.6. The van der Waals surface area contributed by atoms with Crippen LogP contribution in [-0.4, -0.2) is 24.5 Å². The summed E-state index contributed by atoms with van der Waals surface area (Å²) in [4.78, 5) is 36.1. The first-order valence-electron chi connectivity index (χ1n) is 7.94. The zero-order valence-corrected chi connectivity index (χ0v) is 14.5. The number of ether oxygens (including phenoxy) is 1. The van der Waals surface area contributed by atoms with E-state index in [-0.39, 0.29) is 5.56 Å². The summed E-state index contributed by atoms with van der Waals surface area (Å²) < 4.78 is 4.97. The molecule has 2 aromatic rings. The Morgan fingerprint density at radius 1 is 1.15 bits per heavy atom. The number of amides is 3. The Hall–Kier alpha value is -3.18. The number of nitriles is 1. The van der Waals surface area contributed by atoms with E-state index in [1.807, 2.05) is 6.07 Å². The molecule has 7 nitrogen and oxygen atoms in total. The van der Waals surface area contributed by atoms with Gasteiger partial charge >= 0.3 is 6.09 Å². The van der Waals surface area contributed by atoms with E-state index >= 15 is 0 Å². The number of hydrogen-bond acceptors (Lipinski definition) is 6. The summed E-state index contributed by atoms with van der Waals surface area (Å²) >= 11 is 1.17. The fourth-order valence-corrected chi connectivity index (χ4v) is 2.91. The van der Waals surface area contributed by atoms with Crippen molar-refractivity contribution < 1.29 is 19.1 Å². The average molecular weight is 369 g/mol. The number of thiophene rings is 1. The van der Waals surface area contributed by atoms with E-state index in [1.165, 1.54) is 41.7 Å². The lowest BCUT2D eigenvalue weighted by Crippen LogP contribution is -2.31. The molecular weight excluding hydrogens is 354 g/mol. The summed E-state index contributed by atoms with van der Waals surface area (Å²) in [6.45, 7) is 0.311. The molecule has 0 aliphatic heterocycles. The molecule has 2 N–H and O–H groups in total. The molecule has 1 fully saturated rings. The Bertz CT molecular complexity index is 879. The molecule has 0 unspecified atom stereocenters. The minimum absolute atomic E-state index is 0.181. The highest BCUT2D eigenvalue weighted by atomic mass is 32.1. The van der Waals surface area contributed by atoms with Crippen LogP contribution in [0.2, 0.25) is 0 Å². The predicted octanol–water partition coefficient (Wildman–Crippen LogP) is 3.15. The number of alkyl carbamates (subject to hydrolysis) is 1. The molecule has 0 bridgehead atoms. The van der Waals surface area contributed by atoms with Gasteiger partial charge in [-0.1, -0.05) is 0 Å². The van der Waals surface area contributed by atoms with Crippen LogP contribution in [0.15, 0.2) is 35.7 Å². The normalized spacial score (nSPS) is 12.7. The Balaban J connectivity index is 1.61. The Morgan fingerprint density at radius 2 is 1.88 bits per heavy atom. The van der Waals surface area contributed by atoms with E-state index in [2.05, 4.69) is 10.6 Å². The van der Waals surface area contributed by atoms with E-state index in [0.29, 0.717) is 28.7 Å². The first-order chi connectivity index (χ1) is 12.6. The maximum Gasteiger partial charge on any atom is 0.414 e. The highest BCUT2D eigenvalue weighted by molar-refractivity contribution is 7.14. The lowest BCUT2D eigenvalue weighted by molar-refractivity contribution is 0.0916. The number of anilines is 1. The fraction of sp³-hybridized carbons (Fsp3) is 0.222. The van der Waals surface area contributed by atoms with Gasteiger partial charge in [-0.05, 0) is 54.5 Å². The topological polar surface area (TPSA) is 108 Å². The number of carbonyl (C=O) groups excluding carboxylic acids is 3. The van der Waals surface area contributed by atoms with Gasteiger partial charge in [-0.25, -0.2) is 4.79 Å². The summed E-state index contributed by atoms with van der Waals surface area (Å²) in [5, 5.41) is 15.5. The first-order valence-corrected chi connectivity index (χ1v) is 8.82. The van der Waals surface area contributed by atoms with Crippen molar-refractivity contribution in [2.75, 3.05) is 11.9 Å². The van der Waals surface area contributed by atoms with Gasteiger partial charge in [-0.15, -0.1) is 11.3 Å². The molecule has 132 valence electrons. The van der Waals surface area contributed by atoms with Gasteiger partial charge in [0.25, 0.3) is 11.8 Å². The third kappa shape index (κ3) is 4.46. The number of imide groups is 1. The maximum atomic E-state index is 12.3. The number of hydrogen-bond donors (Lipinski definition) is 2. The molecule has 1 aliphatic carbocycles. The SMILES string of the molecule is N#Cc1ccc(C(=O)Nc2sccc2C(=O)NC(=O)OCC2CC2)cc1. The van der Waals surface area contributed by atoms with E-state index in [9.17, 15) is 14.4 Å². The number of nitrogens with one attached hydrogen (secondary N) is 2. The van der Waals surface area contributed by atoms with Crippen molar-refractivity contribution in [3.05, 3.63) is 52.4 Å². The van der Waals surface area contributed by atoms with E-state index in [0.717, 1.165) is 12.8 Å². The third-order valence-electron chi connectivity index (χ3n) is 3.78. The molecule has 26 heavy (non-hydrogen) atoms. The van der Waals surface area contributed by atoms with Crippen LogP contribution in [-0.2, 0) is 4.74 Å². The van der Waals surface area contributed by atoms with Crippen LogP contribution in [0.3, 0.4) is 0 Å². The molecule has 1 aromatic carbocycles. The van der Waals surface area contributed by atoms with E-state index < -0.39 is 17.9 Å². The summed E-state index contributed by atoms with van der Waals surface area (Å²) in [5.41, 5.74) is 0.982. The largest absolute Gasteiger partial charge is 0.449 e. The standard InChI is InChI=1S/C18H15N3O4S/c19-9-11-3-5-13(6-4-11)15(22)20-17-14(7-8-26-17)16(23)21-18(24)25-10-12-1-2-12/h3-8,12H,1-2,10H2,(H,20,22)(H,21,23,24). The van der Waals surface area contributed by atoms with Gasteiger partial charge < -0.3 is 10.1 Å². The van der Waals surface area contributed by atoms with Gasteiger partial charge in [0.2, 0.25) is 0 Å². The molecule has 1 aromatic heterocycles. The fourth-order valence-electron chi connectivity index (χ4n) is 2.13. The van der Waals surface area contributed by atoms with Gasteiger partial charge in [0, 0.05) is 5.56 Å².